The van der Waals surface area contributed by atoms with Crippen molar-refractivity contribution in [2.75, 3.05) is 31.0 Å². The number of nitro benzene ring substituents is 1. The van der Waals surface area contributed by atoms with Crippen LogP contribution in [0.3, 0.4) is 0 Å². The highest BCUT2D eigenvalue weighted by molar-refractivity contribution is 6.04. The van der Waals surface area contributed by atoms with Gasteiger partial charge in [-0.15, -0.1) is 0 Å². The van der Waals surface area contributed by atoms with Crippen LogP contribution in [0.4, 0.5) is 17.1 Å². The molecule has 2 aromatic carbocycles. The molecule has 9 nitrogen and oxygen atoms in total. The van der Waals surface area contributed by atoms with Crippen molar-refractivity contribution in [3.05, 3.63) is 52.6 Å². The lowest BCUT2D eigenvalue weighted by atomic mass is 10.1. The molecule has 0 saturated carbocycles. The third-order valence-corrected chi connectivity index (χ3v) is 4.50. The molecule has 146 valence electrons. The summed E-state index contributed by atoms with van der Waals surface area (Å²) in [6.45, 7) is 0.156. The third-order valence-electron chi connectivity index (χ3n) is 4.50. The molecule has 0 radical (unpaired) electrons. The Labute approximate surface area is 161 Å². The number of amides is 2. The van der Waals surface area contributed by atoms with Crippen LogP contribution in [0.2, 0.25) is 0 Å². The predicted molar refractivity (Wildman–Crippen MR) is 102 cm³/mol. The van der Waals surface area contributed by atoms with Gasteiger partial charge in [-0.3, -0.25) is 19.7 Å². The fourth-order valence-electron chi connectivity index (χ4n) is 3.06. The second-order valence-corrected chi connectivity index (χ2v) is 6.24. The lowest BCUT2D eigenvalue weighted by molar-refractivity contribution is -0.384. The predicted octanol–water partition coefficient (Wildman–Crippen LogP) is 2.60. The van der Waals surface area contributed by atoms with Gasteiger partial charge in [-0.1, -0.05) is 6.07 Å². The van der Waals surface area contributed by atoms with E-state index in [9.17, 15) is 19.7 Å². The molecule has 2 amide bonds. The van der Waals surface area contributed by atoms with Gasteiger partial charge in [0, 0.05) is 30.8 Å². The number of ether oxygens (including phenoxy) is 2. The SMILES string of the molecule is COc1cccc(NC(=O)[C@@H]2CC(=O)N(c3ccc([N+](=O)[O-])cc3OC)C2)c1. The van der Waals surface area contributed by atoms with E-state index in [1.807, 2.05) is 0 Å². The lowest BCUT2D eigenvalue weighted by Gasteiger charge is -2.19. The molecule has 1 atom stereocenters. The maximum absolute atomic E-state index is 12.6. The van der Waals surface area contributed by atoms with E-state index >= 15 is 0 Å². The summed E-state index contributed by atoms with van der Waals surface area (Å²) < 4.78 is 10.3. The number of benzene rings is 2. The molecule has 1 heterocycles. The minimum Gasteiger partial charge on any atom is -0.497 e. The van der Waals surface area contributed by atoms with Crippen LogP contribution in [-0.2, 0) is 9.59 Å². The number of hydrogen-bond acceptors (Lipinski definition) is 6. The number of anilines is 2. The van der Waals surface area contributed by atoms with Gasteiger partial charge in [0.05, 0.1) is 36.8 Å². The Morgan fingerprint density at radius 3 is 2.68 bits per heavy atom. The van der Waals surface area contributed by atoms with Gasteiger partial charge in [0.2, 0.25) is 11.8 Å². The van der Waals surface area contributed by atoms with E-state index in [1.165, 1.54) is 37.3 Å². The molecule has 0 spiro atoms. The van der Waals surface area contributed by atoms with Crippen LogP contribution < -0.4 is 19.7 Å². The fraction of sp³-hybridized carbons (Fsp3) is 0.263. The van der Waals surface area contributed by atoms with Crippen LogP contribution in [-0.4, -0.2) is 37.5 Å². The number of carbonyl (C=O) groups is 2. The van der Waals surface area contributed by atoms with Crippen LogP contribution in [0.15, 0.2) is 42.5 Å². The minimum atomic E-state index is -0.557. The Morgan fingerprint density at radius 2 is 2.00 bits per heavy atom. The molecule has 1 fully saturated rings. The van der Waals surface area contributed by atoms with Crippen molar-refractivity contribution < 1.29 is 24.0 Å². The highest BCUT2D eigenvalue weighted by Crippen LogP contribution is 2.36. The third kappa shape index (κ3) is 3.88. The van der Waals surface area contributed by atoms with Gasteiger partial charge < -0.3 is 19.7 Å². The molecule has 2 aromatic rings. The summed E-state index contributed by atoms with van der Waals surface area (Å²) in [6.07, 6.45) is 0.0376. The van der Waals surface area contributed by atoms with Crippen molar-refractivity contribution in [1.82, 2.24) is 0 Å². The zero-order valence-corrected chi connectivity index (χ0v) is 15.4. The molecule has 3 rings (SSSR count). The molecular weight excluding hydrogens is 366 g/mol. The van der Waals surface area contributed by atoms with Gasteiger partial charge in [-0.25, -0.2) is 0 Å². The summed E-state index contributed by atoms with van der Waals surface area (Å²) >= 11 is 0. The van der Waals surface area contributed by atoms with Crippen molar-refractivity contribution in [2.45, 2.75) is 6.42 Å². The van der Waals surface area contributed by atoms with E-state index in [0.29, 0.717) is 17.1 Å². The first-order valence-corrected chi connectivity index (χ1v) is 8.50. The van der Waals surface area contributed by atoms with E-state index in [0.717, 1.165) is 0 Å². The van der Waals surface area contributed by atoms with Crippen LogP contribution in [0.1, 0.15) is 6.42 Å². The van der Waals surface area contributed by atoms with E-state index in [2.05, 4.69) is 5.32 Å². The Morgan fingerprint density at radius 1 is 1.21 bits per heavy atom. The number of hydrogen-bond donors (Lipinski definition) is 1. The largest absolute Gasteiger partial charge is 0.497 e. The second-order valence-electron chi connectivity index (χ2n) is 6.24. The van der Waals surface area contributed by atoms with Crippen molar-refractivity contribution in [3.8, 4) is 11.5 Å². The Hall–Kier alpha value is -3.62. The number of rotatable bonds is 6. The fourth-order valence-corrected chi connectivity index (χ4v) is 3.06. The van der Waals surface area contributed by atoms with Gasteiger partial charge in [0.25, 0.3) is 5.69 Å². The molecule has 1 N–H and O–H groups in total. The van der Waals surface area contributed by atoms with E-state index in [1.54, 1.807) is 24.3 Å². The summed E-state index contributed by atoms with van der Waals surface area (Å²) in [5.74, 6) is -0.282. The minimum absolute atomic E-state index is 0.0376. The first-order chi connectivity index (χ1) is 13.4. The van der Waals surface area contributed by atoms with E-state index < -0.39 is 10.8 Å². The molecule has 1 saturated heterocycles. The Kier molecular flexibility index (Phi) is 5.44. The number of nitrogens with one attached hydrogen (secondary N) is 1. The van der Waals surface area contributed by atoms with Gasteiger partial charge in [-0.05, 0) is 18.2 Å². The summed E-state index contributed by atoms with van der Waals surface area (Å²) in [5, 5.41) is 13.7. The van der Waals surface area contributed by atoms with Crippen molar-refractivity contribution in [2.24, 2.45) is 5.92 Å². The lowest BCUT2D eigenvalue weighted by Crippen LogP contribution is -2.28. The molecule has 0 aliphatic carbocycles. The standard InChI is InChI=1S/C19H19N3O6/c1-27-15-5-3-4-13(9-15)20-19(24)12-8-18(23)21(11-12)16-7-6-14(22(25)26)10-17(16)28-2/h3-7,9-10,12H,8,11H2,1-2H3,(H,20,24)/t12-/m1/s1. The molecule has 0 unspecified atom stereocenters. The van der Waals surface area contributed by atoms with Gasteiger partial charge in [0.1, 0.15) is 11.5 Å². The van der Waals surface area contributed by atoms with Gasteiger partial charge >= 0.3 is 0 Å². The zero-order valence-electron chi connectivity index (χ0n) is 15.4. The maximum Gasteiger partial charge on any atom is 0.273 e. The van der Waals surface area contributed by atoms with Crippen LogP contribution in [0, 0.1) is 16.0 Å². The van der Waals surface area contributed by atoms with Crippen LogP contribution in [0.25, 0.3) is 0 Å². The first-order valence-electron chi connectivity index (χ1n) is 8.50. The molecule has 0 aromatic heterocycles. The Balaban J connectivity index is 1.76. The highest BCUT2D eigenvalue weighted by atomic mass is 16.6. The van der Waals surface area contributed by atoms with E-state index in [4.69, 9.17) is 9.47 Å². The Bertz CT molecular complexity index is 930. The zero-order chi connectivity index (χ0) is 20.3. The number of carbonyl (C=O) groups excluding carboxylic acids is 2. The normalized spacial score (nSPS) is 16.0. The van der Waals surface area contributed by atoms with Crippen molar-refractivity contribution in [1.29, 1.82) is 0 Å². The molecule has 0 bridgehead atoms. The molecule has 9 heteroatoms. The first kappa shape index (κ1) is 19.2. The molecule has 28 heavy (non-hydrogen) atoms. The number of non-ortho nitro benzene ring substituents is 1. The number of nitro groups is 1. The second kappa shape index (κ2) is 7.95. The summed E-state index contributed by atoms with van der Waals surface area (Å²) in [6, 6.07) is 10.9. The topological polar surface area (TPSA) is 111 Å². The smallest absolute Gasteiger partial charge is 0.273 e. The van der Waals surface area contributed by atoms with Crippen molar-refractivity contribution >= 4 is 28.9 Å². The van der Waals surface area contributed by atoms with Crippen molar-refractivity contribution in [3.63, 3.8) is 0 Å². The quantitative estimate of drug-likeness (QED) is 0.604. The number of nitrogens with zero attached hydrogens (tertiary/aromatic N) is 2. The molecule has 1 aliphatic rings. The maximum atomic E-state index is 12.6. The summed E-state index contributed by atoms with van der Waals surface area (Å²) in [5.41, 5.74) is 0.831. The monoisotopic (exact) mass is 385 g/mol. The number of methoxy groups -OCH3 is 2. The average molecular weight is 385 g/mol. The van der Waals surface area contributed by atoms with E-state index in [-0.39, 0.29) is 36.2 Å². The van der Waals surface area contributed by atoms with Gasteiger partial charge in [0.15, 0.2) is 0 Å². The van der Waals surface area contributed by atoms with Crippen LogP contribution >= 0.6 is 0 Å². The summed E-state index contributed by atoms with van der Waals surface area (Å²) in [7, 11) is 2.90. The van der Waals surface area contributed by atoms with Crippen LogP contribution in [0.5, 0.6) is 11.5 Å². The summed E-state index contributed by atoms with van der Waals surface area (Å²) in [4.78, 5) is 36.9. The average Bonchev–Trinajstić information content (AvgIpc) is 3.09. The molecular formula is C19H19N3O6. The van der Waals surface area contributed by atoms with Gasteiger partial charge in [-0.2, -0.15) is 0 Å². The highest BCUT2D eigenvalue weighted by Gasteiger charge is 2.36. The molecule has 1 aliphatic heterocycles.